The number of aromatic nitrogens is 3. The van der Waals surface area contributed by atoms with Crippen LogP contribution >= 0.6 is 11.8 Å². The molecule has 0 fully saturated rings. The highest BCUT2D eigenvalue weighted by molar-refractivity contribution is 7.98. The van der Waals surface area contributed by atoms with Gasteiger partial charge < -0.3 is 0 Å². The smallest absolute Gasteiger partial charge is 0.261 e. The average molecular weight is 271 g/mol. The van der Waals surface area contributed by atoms with Gasteiger partial charge in [-0.25, -0.2) is 23.1 Å². The molecule has 0 unspecified atom stereocenters. The highest BCUT2D eigenvalue weighted by Crippen LogP contribution is 2.25. The maximum absolute atomic E-state index is 13.0. The topological polar surface area (TPSA) is 38.7 Å². The summed E-state index contributed by atoms with van der Waals surface area (Å²) in [6, 6.07) is 2.33. The second kappa shape index (κ2) is 5.34. The highest BCUT2D eigenvalue weighted by atomic mass is 32.2. The van der Waals surface area contributed by atoms with Crippen molar-refractivity contribution in [3.63, 3.8) is 0 Å². The predicted molar refractivity (Wildman–Crippen MR) is 62.0 cm³/mol. The number of halogens is 3. The Bertz CT molecular complexity index is 563. The van der Waals surface area contributed by atoms with Crippen LogP contribution in [0.3, 0.4) is 0 Å². The Hall–Kier alpha value is -1.63. The second-order valence-electron chi connectivity index (χ2n) is 3.36. The lowest BCUT2D eigenvalue weighted by Gasteiger charge is -2.06. The van der Waals surface area contributed by atoms with Gasteiger partial charge in [0.2, 0.25) is 0 Å². The van der Waals surface area contributed by atoms with Crippen LogP contribution in [0.1, 0.15) is 12.1 Å². The van der Waals surface area contributed by atoms with Crippen LogP contribution in [0, 0.1) is 5.82 Å². The summed E-state index contributed by atoms with van der Waals surface area (Å²) < 4.78 is 38.4. The summed E-state index contributed by atoms with van der Waals surface area (Å²) in [6.07, 6.45) is 1.39. The zero-order valence-corrected chi connectivity index (χ0v) is 10.1. The van der Waals surface area contributed by atoms with E-state index in [0.29, 0.717) is 5.56 Å². The maximum Gasteiger partial charge on any atom is 0.280 e. The lowest BCUT2D eigenvalue weighted by Crippen LogP contribution is -1.98. The van der Waals surface area contributed by atoms with Gasteiger partial charge in [0, 0.05) is 11.8 Å². The molecular formula is C11H8F3N3S. The number of hydrogen-bond acceptors (Lipinski definition) is 4. The largest absolute Gasteiger partial charge is 0.280 e. The number of nitrogens with zero attached hydrogens (tertiary/aromatic N) is 3. The first-order valence-electron chi connectivity index (χ1n) is 4.92. The van der Waals surface area contributed by atoms with Gasteiger partial charge in [-0.2, -0.15) is 0 Å². The quantitative estimate of drug-likeness (QED) is 0.634. The molecule has 2 heterocycles. The minimum Gasteiger partial charge on any atom is -0.261 e. The normalized spacial score (nSPS) is 10.9. The lowest BCUT2D eigenvalue weighted by atomic mass is 10.2. The standard InChI is InChI=1S/C11H8F3N3S/c1-18-11-16-8(3-9(17-11)10(13)14)6-2-7(12)5-15-4-6/h2-5,10H,1H3. The number of thioether (sulfide) groups is 1. The fraction of sp³-hybridized carbons (Fsp3) is 0.182. The Balaban J connectivity index is 2.53. The van der Waals surface area contributed by atoms with Gasteiger partial charge in [0.1, 0.15) is 11.5 Å². The number of pyridine rings is 1. The molecule has 3 nitrogen and oxygen atoms in total. The van der Waals surface area contributed by atoms with Crippen LogP contribution in [0.15, 0.2) is 29.7 Å². The fourth-order valence-corrected chi connectivity index (χ4v) is 1.73. The summed E-state index contributed by atoms with van der Waals surface area (Å²) in [7, 11) is 0. The van der Waals surface area contributed by atoms with Gasteiger partial charge in [-0.1, -0.05) is 11.8 Å². The molecule has 7 heteroatoms. The van der Waals surface area contributed by atoms with Crippen molar-refractivity contribution >= 4 is 11.8 Å². The van der Waals surface area contributed by atoms with Crippen LogP contribution in [0.25, 0.3) is 11.3 Å². The molecule has 18 heavy (non-hydrogen) atoms. The van der Waals surface area contributed by atoms with E-state index in [-0.39, 0.29) is 16.5 Å². The Labute approximate surface area is 105 Å². The van der Waals surface area contributed by atoms with Gasteiger partial charge >= 0.3 is 0 Å². The Morgan fingerprint density at radius 3 is 2.56 bits per heavy atom. The number of hydrogen-bond donors (Lipinski definition) is 0. The molecule has 0 spiro atoms. The van der Waals surface area contributed by atoms with Crippen molar-refractivity contribution in [3.8, 4) is 11.3 Å². The van der Waals surface area contributed by atoms with E-state index in [0.717, 1.165) is 24.0 Å². The third kappa shape index (κ3) is 2.79. The van der Waals surface area contributed by atoms with Gasteiger partial charge in [-0.3, -0.25) is 4.98 Å². The molecule has 0 aromatic carbocycles. The molecule has 0 aliphatic carbocycles. The first-order chi connectivity index (χ1) is 8.60. The maximum atomic E-state index is 13.0. The van der Waals surface area contributed by atoms with Crippen LogP contribution in [0.4, 0.5) is 13.2 Å². The molecule has 2 aromatic rings. The van der Waals surface area contributed by atoms with E-state index < -0.39 is 12.2 Å². The van der Waals surface area contributed by atoms with Gasteiger partial charge in [-0.15, -0.1) is 0 Å². The molecular weight excluding hydrogens is 263 g/mol. The van der Waals surface area contributed by atoms with Gasteiger partial charge in [0.25, 0.3) is 6.43 Å². The third-order valence-corrected chi connectivity index (χ3v) is 2.68. The Morgan fingerprint density at radius 1 is 1.17 bits per heavy atom. The van der Waals surface area contributed by atoms with Crippen molar-refractivity contribution in [1.29, 1.82) is 0 Å². The molecule has 0 aliphatic rings. The monoisotopic (exact) mass is 271 g/mol. The van der Waals surface area contributed by atoms with Crippen LogP contribution in [0.5, 0.6) is 0 Å². The van der Waals surface area contributed by atoms with Crippen molar-refractivity contribution in [3.05, 3.63) is 36.0 Å². The highest BCUT2D eigenvalue weighted by Gasteiger charge is 2.14. The summed E-state index contributed by atoms with van der Waals surface area (Å²) in [4.78, 5) is 11.4. The summed E-state index contributed by atoms with van der Waals surface area (Å²) in [6.45, 7) is 0. The SMILES string of the molecule is CSc1nc(-c2cncc(F)c2)cc(C(F)F)n1. The molecule has 94 valence electrons. The van der Waals surface area contributed by atoms with Crippen molar-refractivity contribution in [1.82, 2.24) is 15.0 Å². The first kappa shape index (κ1) is 12.8. The van der Waals surface area contributed by atoms with E-state index in [1.54, 1.807) is 6.26 Å². The van der Waals surface area contributed by atoms with Crippen LogP contribution in [0.2, 0.25) is 0 Å². The van der Waals surface area contributed by atoms with E-state index in [2.05, 4.69) is 15.0 Å². The van der Waals surface area contributed by atoms with E-state index in [4.69, 9.17) is 0 Å². The van der Waals surface area contributed by atoms with Gasteiger partial charge in [-0.05, 0) is 18.4 Å². The fourth-order valence-electron chi connectivity index (χ4n) is 1.35. The third-order valence-electron chi connectivity index (χ3n) is 2.13. The van der Waals surface area contributed by atoms with Crippen LogP contribution in [-0.4, -0.2) is 21.2 Å². The molecule has 0 N–H and O–H groups in total. The van der Waals surface area contributed by atoms with Gasteiger partial charge in [0.15, 0.2) is 5.16 Å². The lowest BCUT2D eigenvalue weighted by molar-refractivity contribution is 0.145. The average Bonchev–Trinajstić information content (AvgIpc) is 2.38. The van der Waals surface area contributed by atoms with Crippen LogP contribution in [-0.2, 0) is 0 Å². The van der Waals surface area contributed by atoms with Gasteiger partial charge in [0.05, 0.1) is 11.9 Å². The van der Waals surface area contributed by atoms with E-state index in [1.807, 2.05) is 0 Å². The van der Waals surface area contributed by atoms with Crippen molar-refractivity contribution in [2.45, 2.75) is 11.6 Å². The molecule has 0 bridgehead atoms. The van der Waals surface area contributed by atoms with Crippen molar-refractivity contribution in [2.75, 3.05) is 6.26 Å². The van der Waals surface area contributed by atoms with E-state index in [1.165, 1.54) is 12.3 Å². The summed E-state index contributed by atoms with van der Waals surface area (Å²) >= 11 is 1.14. The number of alkyl halides is 2. The zero-order valence-electron chi connectivity index (χ0n) is 9.27. The summed E-state index contributed by atoms with van der Waals surface area (Å²) in [5.41, 5.74) is 0.194. The van der Waals surface area contributed by atoms with Crippen molar-refractivity contribution in [2.24, 2.45) is 0 Å². The minimum absolute atomic E-state index is 0.215. The van der Waals surface area contributed by atoms with E-state index in [9.17, 15) is 13.2 Å². The minimum atomic E-state index is -2.70. The molecule has 2 aromatic heterocycles. The molecule has 0 atom stereocenters. The second-order valence-corrected chi connectivity index (χ2v) is 4.13. The number of rotatable bonds is 3. The molecule has 0 radical (unpaired) electrons. The molecule has 0 saturated heterocycles. The predicted octanol–water partition coefficient (Wildman–Crippen LogP) is 3.34. The van der Waals surface area contributed by atoms with Crippen LogP contribution < -0.4 is 0 Å². The van der Waals surface area contributed by atoms with E-state index >= 15 is 0 Å². The molecule has 0 amide bonds. The first-order valence-corrected chi connectivity index (χ1v) is 6.14. The summed E-state index contributed by atoms with van der Waals surface area (Å²) in [5, 5.41) is 0.215. The van der Waals surface area contributed by atoms with Crippen molar-refractivity contribution < 1.29 is 13.2 Å². The summed E-state index contributed by atoms with van der Waals surface area (Å²) in [5.74, 6) is -0.546. The molecule has 0 aliphatic heterocycles. The molecule has 2 rings (SSSR count). The molecule has 0 saturated carbocycles. The Morgan fingerprint density at radius 2 is 1.94 bits per heavy atom. The Kier molecular flexibility index (Phi) is 3.81. The zero-order chi connectivity index (χ0) is 13.1.